The number of furan rings is 1. The van der Waals surface area contributed by atoms with E-state index in [1.54, 1.807) is 0 Å². The molecule has 0 atom stereocenters. The molecule has 1 aromatic rings. The molecule has 2 rings (SSSR count). The van der Waals surface area contributed by atoms with E-state index in [1.807, 2.05) is 0 Å². The summed E-state index contributed by atoms with van der Waals surface area (Å²) in [6, 6.07) is 5.27. The molecule has 4 heteroatoms. The van der Waals surface area contributed by atoms with Crippen LogP contribution in [0.5, 0.6) is 0 Å². The summed E-state index contributed by atoms with van der Waals surface area (Å²) >= 11 is 0. The molecule has 0 spiro atoms. The molecule has 0 aromatic carbocycles. The topological polar surface area (TPSA) is 37.6 Å². The third kappa shape index (κ3) is 4.64. The van der Waals surface area contributed by atoms with Gasteiger partial charge in [0, 0.05) is 25.3 Å². The summed E-state index contributed by atoms with van der Waals surface area (Å²) < 4.78 is 11.3. The lowest BCUT2D eigenvalue weighted by atomic mass is 10.1. The highest BCUT2D eigenvalue weighted by molar-refractivity contribution is 5.07. The molecular formula is C15H26N2O2. The van der Waals surface area contributed by atoms with Crippen molar-refractivity contribution >= 4 is 0 Å². The second kappa shape index (κ2) is 7.08. The van der Waals surface area contributed by atoms with Gasteiger partial charge in [0.2, 0.25) is 0 Å². The summed E-state index contributed by atoms with van der Waals surface area (Å²) in [7, 11) is 2.17. The van der Waals surface area contributed by atoms with Crippen LogP contribution in [0, 0.1) is 0 Å². The SMILES string of the molecule is CC(C)NCc1ccc(CN(C)C2CCOCC2)o1. The highest BCUT2D eigenvalue weighted by Gasteiger charge is 2.19. The maximum Gasteiger partial charge on any atom is 0.118 e. The fourth-order valence-corrected chi connectivity index (χ4v) is 2.41. The van der Waals surface area contributed by atoms with Crippen LogP contribution in [0.3, 0.4) is 0 Å². The number of nitrogens with zero attached hydrogens (tertiary/aromatic N) is 1. The molecule has 1 aliphatic rings. The largest absolute Gasteiger partial charge is 0.463 e. The van der Waals surface area contributed by atoms with Crippen LogP contribution in [0.25, 0.3) is 0 Å². The van der Waals surface area contributed by atoms with E-state index in [2.05, 4.69) is 43.2 Å². The first-order valence-corrected chi connectivity index (χ1v) is 7.24. The minimum Gasteiger partial charge on any atom is -0.463 e. The molecule has 1 saturated heterocycles. The summed E-state index contributed by atoms with van der Waals surface area (Å²) in [5.41, 5.74) is 0. The number of hydrogen-bond acceptors (Lipinski definition) is 4. The van der Waals surface area contributed by atoms with Crippen molar-refractivity contribution in [3.05, 3.63) is 23.7 Å². The number of hydrogen-bond donors (Lipinski definition) is 1. The average Bonchev–Trinajstić information content (AvgIpc) is 2.85. The van der Waals surface area contributed by atoms with E-state index in [0.717, 1.165) is 50.7 Å². The predicted octanol–water partition coefficient (Wildman–Crippen LogP) is 2.39. The maximum atomic E-state index is 5.86. The normalized spacial score (nSPS) is 17.5. The van der Waals surface area contributed by atoms with Gasteiger partial charge < -0.3 is 14.5 Å². The van der Waals surface area contributed by atoms with Gasteiger partial charge in [0.05, 0.1) is 13.1 Å². The van der Waals surface area contributed by atoms with Crippen LogP contribution in [-0.2, 0) is 17.8 Å². The summed E-state index contributed by atoms with van der Waals surface area (Å²) in [5, 5.41) is 3.37. The quantitative estimate of drug-likeness (QED) is 0.858. The van der Waals surface area contributed by atoms with Gasteiger partial charge in [-0.2, -0.15) is 0 Å². The molecule has 1 aliphatic heterocycles. The number of ether oxygens (including phenoxy) is 1. The zero-order valence-electron chi connectivity index (χ0n) is 12.3. The van der Waals surface area contributed by atoms with Crippen molar-refractivity contribution in [2.45, 2.75) is 51.9 Å². The monoisotopic (exact) mass is 266 g/mol. The molecular weight excluding hydrogens is 240 g/mol. The Balaban J connectivity index is 1.81. The van der Waals surface area contributed by atoms with E-state index in [4.69, 9.17) is 9.15 Å². The molecule has 0 saturated carbocycles. The summed E-state index contributed by atoms with van der Waals surface area (Å²) in [5.74, 6) is 2.07. The van der Waals surface area contributed by atoms with Crippen LogP contribution in [0.4, 0.5) is 0 Å². The third-order valence-corrected chi connectivity index (χ3v) is 3.62. The zero-order chi connectivity index (χ0) is 13.7. The van der Waals surface area contributed by atoms with E-state index in [1.165, 1.54) is 0 Å². The third-order valence-electron chi connectivity index (χ3n) is 3.62. The van der Waals surface area contributed by atoms with Gasteiger partial charge in [-0.3, -0.25) is 4.90 Å². The Morgan fingerprint density at radius 1 is 1.26 bits per heavy atom. The lowest BCUT2D eigenvalue weighted by Gasteiger charge is -2.30. The van der Waals surface area contributed by atoms with Crippen LogP contribution >= 0.6 is 0 Å². The summed E-state index contributed by atoms with van der Waals surface area (Å²) in [6.07, 6.45) is 2.25. The second-order valence-electron chi connectivity index (χ2n) is 5.66. The number of rotatable bonds is 6. The molecule has 4 nitrogen and oxygen atoms in total. The molecule has 1 aromatic heterocycles. The van der Waals surface area contributed by atoms with Gasteiger partial charge in [-0.25, -0.2) is 0 Å². The van der Waals surface area contributed by atoms with Crippen molar-refractivity contribution in [3.8, 4) is 0 Å². The van der Waals surface area contributed by atoms with Crippen LogP contribution in [0.15, 0.2) is 16.5 Å². The second-order valence-corrected chi connectivity index (χ2v) is 5.66. The van der Waals surface area contributed by atoms with Gasteiger partial charge in [0.25, 0.3) is 0 Å². The standard InChI is InChI=1S/C15H26N2O2/c1-12(2)16-10-14-4-5-15(19-14)11-17(3)13-6-8-18-9-7-13/h4-5,12-13,16H,6-11H2,1-3H3. The molecule has 0 amide bonds. The maximum absolute atomic E-state index is 5.86. The molecule has 0 radical (unpaired) electrons. The average molecular weight is 266 g/mol. The molecule has 19 heavy (non-hydrogen) atoms. The van der Waals surface area contributed by atoms with Crippen molar-refractivity contribution in [2.75, 3.05) is 20.3 Å². The molecule has 0 unspecified atom stereocenters. The Labute approximate surface area is 116 Å². The molecule has 1 fully saturated rings. The molecule has 1 N–H and O–H groups in total. The van der Waals surface area contributed by atoms with Crippen molar-refractivity contribution in [1.82, 2.24) is 10.2 Å². The van der Waals surface area contributed by atoms with Gasteiger partial charge in [-0.05, 0) is 32.0 Å². The van der Waals surface area contributed by atoms with E-state index >= 15 is 0 Å². The lowest BCUT2D eigenvalue weighted by Crippen LogP contribution is -2.36. The highest BCUT2D eigenvalue weighted by Crippen LogP contribution is 2.17. The smallest absolute Gasteiger partial charge is 0.118 e. The zero-order valence-corrected chi connectivity index (χ0v) is 12.3. The first-order valence-electron chi connectivity index (χ1n) is 7.24. The van der Waals surface area contributed by atoms with Gasteiger partial charge in [0.15, 0.2) is 0 Å². The summed E-state index contributed by atoms with van der Waals surface area (Å²) in [6.45, 7) is 7.74. The van der Waals surface area contributed by atoms with Gasteiger partial charge in [-0.1, -0.05) is 13.8 Å². The Kier molecular flexibility index (Phi) is 5.43. The Morgan fingerprint density at radius 2 is 1.95 bits per heavy atom. The van der Waals surface area contributed by atoms with Crippen LogP contribution in [-0.4, -0.2) is 37.2 Å². The van der Waals surface area contributed by atoms with E-state index in [0.29, 0.717) is 12.1 Å². The van der Waals surface area contributed by atoms with Gasteiger partial charge in [-0.15, -0.1) is 0 Å². The van der Waals surface area contributed by atoms with Gasteiger partial charge in [0.1, 0.15) is 11.5 Å². The molecule has 0 bridgehead atoms. The minimum atomic E-state index is 0.485. The van der Waals surface area contributed by atoms with E-state index < -0.39 is 0 Å². The Hall–Kier alpha value is -0.840. The fourth-order valence-electron chi connectivity index (χ4n) is 2.41. The van der Waals surface area contributed by atoms with E-state index in [-0.39, 0.29) is 0 Å². The van der Waals surface area contributed by atoms with Crippen molar-refractivity contribution in [3.63, 3.8) is 0 Å². The lowest BCUT2D eigenvalue weighted by molar-refractivity contribution is 0.0386. The van der Waals surface area contributed by atoms with Crippen molar-refractivity contribution in [2.24, 2.45) is 0 Å². The first-order chi connectivity index (χ1) is 9.15. The highest BCUT2D eigenvalue weighted by atomic mass is 16.5. The fraction of sp³-hybridized carbons (Fsp3) is 0.733. The van der Waals surface area contributed by atoms with Crippen molar-refractivity contribution < 1.29 is 9.15 Å². The molecule has 108 valence electrons. The van der Waals surface area contributed by atoms with Crippen molar-refractivity contribution in [1.29, 1.82) is 0 Å². The van der Waals surface area contributed by atoms with E-state index in [9.17, 15) is 0 Å². The summed E-state index contributed by atoms with van der Waals surface area (Å²) in [4.78, 5) is 2.38. The van der Waals surface area contributed by atoms with Crippen LogP contribution in [0.1, 0.15) is 38.2 Å². The van der Waals surface area contributed by atoms with Gasteiger partial charge >= 0.3 is 0 Å². The van der Waals surface area contributed by atoms with Crippen LogP contribution < -0.4 is 5.32 Å². The Morgan fingerprint density at radius 3 is 2.63 bits per heavy atom. The predicted molar refractivity (Wildman–Crippen MR) is 76.0 cm³/mol. The molecule has 2 heterocycles. The minimum absolute atomic E-state index is 0.485. The van der Waals surface area contributed by atoms with Crippen LogP contribution in [0.2, 0.25) is 0 Å². The molecule has 0 aliphatic carbocycles. The first kappa shape index (κ1) is 14.6. The number of nitrogens with one attached hydrogen (secondary N) is 1. The Bertz CT molecular complexity index is 370.